The summed E-state index contributed by atoms with van der Waals surface area (Å²) in [6, 6.07) is 19.2. The number of carbonyl (C=O) groups is 1. The molecule has 2 aromatic heterocycles. The van der Waals surface area contributed by atoms with E-state index in [2.05, 4.69) is 64.8 Å². The molecule has 5 nitrogen and oxygen atoms in total. The average Bonchev–Trinajstić information content (AvgIpc) is 3.46. The summed E-state index contributed by atoms with van der Waals surface area (Å²) < 4.78 is 5.37. The number of aromatic nitrogens is 1. The van der Waals surface area contributed by atoms with Crippen LogP contribution in [0.1, 0.15) is 15.4 Å². The number of thiophene rings is 1. The fourth-order valence-electron chi connectivity index (χ4n) is 3.90. The Labute approximate surface area is 195 Å². The second kappa shape index (κ2) is 9.50. The van der Waals surface area contributed by atoms with E-state index in [1.807, 2.05) is 6.92 Å². The summed E-state index contributed by atoms with van der Waals surface area (Å²) in [7, 11) is 0. The second-order valence-electron chi connectivity index (χ2n) is 7.87. The van der Waals surface area contributed by atoms with Crippen molar-refractivity contribution in [3.63, 3.8) is 0 Å². The Morgan fingerprint density at radius 1 is 1.03 bits per heavy atom. The van der Waals surface area contributed by atoms with E-state index in [1.54, 1.807) is 11.3 Å². The zero-order valence-corrected chi connectivity index (χ0v) is 19.6. The molecule has 164 valence electrons. The Kier molecular flexibility index (Phi) is 6.32. The molecule has 0 atom stereocenters. The maximum atomic E-state index is 12.7. The van der Waals surface area contributed by atoms with Crippen molar-refractivity contribution in [2.45, 2.75) is 6.92 Å². The molecule has 1 aliphatic rings. The van der Waals surface area contributed by atoms with Crippen LogP contribution in [0.2, 0.25) is 0 Å². The van der Waals surface area contributed by atoms with Crippen molar-refractivity contribution in [2.75, 3.05) is 39.4 Å². The largest absolute Gasteiger partial charge is 0.379 e. The van der Waals surface area contributed by atoms with Gasteiger partial charge in [-0.15, -0.1) is 22.7 Å². The molecule has 0 spiro atoms. The molecule has 1 fully saturated rings. The highest BCUT2D eigenvalue weighted by atomic mass is 32.1. The number of carbonyl (C=O) groups excluding carboxylic acids is 1. The van der Waals surface area contributed by atoms with Crippen LogP contribution in [0.4, 0.5) is 0 Å². The molecule has 1 amide bonds. The van der Waals surface area contributed by atoms with Gasteiger partial charge in [-0.2, -0.15) is 0 Å². The quantitative estimate of drug-likeness (QED) is 0.434. The molecule has 7 heteroatoms. The van der Waals surface area contributed by atoms with E-state index in [4.69, 9.17) is 9.72 Å². The minimum absolute atomic E-state index is 0.0363. The molecule has 0 unspecified atom stereocenters. The van der Waals surface area contributed by atoms with E-state index in [0.29, 0.717) is 11.4 Å². The molecule has 0 radical (unpaired) electrons. The van der Waals surface area contributed by atoms with E-state index in [1.165, 1.54) is 32.5 Å². The number of nitrogens with zero attached hydrogens (tertiary/aromatic N) is 2. The number of aryl methyl sites for hydroxylation is 1. The van der Waals surface area contributed by atoms with Gasteiger partial charge in [0.05, 0.1) is 23.8 Å². The van der Waals surface area contributed by atoms with Gasteiger partial charge in [0.2, 0.25) is 0 Å². The van der Waals surface area contributed by atoms with Crippen molar-refractivity contribution in [2.24, 2.45) is 0 Å². The van der Waals surface area contributed by atoms with E-state index in [-0.39, 0.29) is 5.91 Å². The Balaban J connectivity index is 1.28. The second-order valence-corrected chi connectivity index (χ2v) is 9.95. The van der Waals surface area contributed by atoms with Crippen molar-refractivity contribution in [1.82, 2.24) is 15.2 Å². The van der Waals surface area contributed by atoms with Gasteiger partial charge in [-0.25, -0.2) is 4.98 Å². The number of fused-ring (bicyclic) bond motifs is 1. The topological polar surface area (TPSA) is 54.5 Å². The molecule has 0 bridgehead atoms. The number of morpholine rings is 1. The molecule has 4 aromatic rings. The SMILES string of the molecule is Cc1nc(-c2ccc(-c3ccc4ccccc4c3)s2)sc1C(=O)NCCN1CCOCC1. The maximum absolute atomic E-state index is 12.7. The Morgan fingerprint density at radius 3 is 2.66 bits per heavy atom. The van der Waals surface area contributed by atoms with Crippen molar-refractivity contribution < 1.29 is 9.53 Å². The fourth-order valence-corrected chi connectivity index (χ4v) is 5.94. The molecule has 0 saturated carbocycles. The maximum Gasteiger partial charge on any atom is 0.263 e. The monoisotopic (exact) mass is 463 g/mol. The first kappa shape index (κ1) is 21.3. The summed E-state index contributed by atoms with van der Waals surface area (Å²) in [5.41, 5.74) is 1.99. The lowest BCUT2D eigenvalue weighted by molar-refractivity contribution is 0.0383. The molecular formula is C25H25N3O2S2. The van der Waals surface area contributed by atoms with E-state index in [9.17, 15) is 4.79 Å². The van der Waals surface area contributed by atoms with Gasteiger partial charge in [-0.1, -0.05) is 36.4 Å². The Hall–Kier alpha value is -2.58. The molecule has 5 rings (SSSR count). The molecular weight excluding hydrogens is 438 g/mol. The summed E-state index contributed by atoms with van der Waals surface area (Å²) in [5.74, 6) is -0.0363. The zero-order valence-electron chi connectivity index (χ0n) is 18.0. The lowest BCUT2D eigenvalue weighted by Gasteiger charge is -2.26. The fraction of sp³-hybridized carbons (Fsp3) is 0.280. The standard InChI is InChI=1S/C25H25N3O2S2/c1-17-23(24(29)26-10-11-28-12-14-30-15-13-28)32-25(27-17)22-9-8-21(31-22)20-7-6-18-4-2-3-5-19(18)16-20/h2-9,16H,10-15H2,1H3,(H,26,29). The van der Waals surface area contributed by atoms with E-state index >= 15 is 0 Å². The lowest BCUT2D eigenvalue weighted by atomic mass is 10.1. The molecule has 1 saturated heterocycles. The van der Waals surface area contributed by atoms with Gasteiger partial charge in [-0.05, 0) is 41.5 Å². The van der Waals surface area contributed by atoms with Crippen LogP contribution in [0.15, 0.2) is 54.6 Å². The van der Waals surface area contributed by atoms with Crippen LogP contribution < -0.4 is 5.32 Å². The van der Waals surface area contributed by atoms with Crippen LogP contribution >= 0.6 is 22.7 Å². The first-order valence-electron chi connectivity index (χ1n) is 10.8. The summed E-state index contributed by atoms with van der Waals surface area (Å²) in [6.07, 6.45) is 0. The van der Waals surface area contributed by atoms with Gasteiger partial charge >= 0.3 is 0 Å². The van der Waals surface area contributed by atoms with Crippen molar-refractivity contribution >= 4 is 39.4 Å². The third-order valence-corrected chi connectivity index (χ3v) is 8.13. The zero-order chi connectivity index (χ0) is 21.9. The highest BCUT2D eigenvalue weighted by Gasteiger charge is 2.18. The number of thiazole rings is 1. The normalized spacial score (nSPS) is 14.7. The predicted octanol–water partition coefficient (Wildman–Crippen LogP) is 5.06. The number of hydrogen-bond acceptors (Lipinski definition) is 6. The summed E-state index contributed by atoms with van der Waals surface area (Å²) >= 11 is 3.19. The average molecular weight is 464 g/mol. The number of hydrogen-bond donors (Lipinski definition) is 1. The van der Waals surface area contributed by atoms with Gasteiger partial charge in [0.15, 0.2) is 0 Å². The summed E-state index contributed by atoms with van der Waals surface area (Å²) in [5, 5.41) is 6.43. The van der Waals surface area contributed by atoms with Crippen LogP contribution in [0.25, 0.3) is 31.1 Å². The number of ether oxygens (including phenoxy) is 1. The highest BCUT2D eigenvalue weighted by molar-refractivity contribution is 7.24. The molecule has 3 heterocycles. The molecule has 2 aromatic carbocycles. The van der Waals surface area contributed by atoms with Crippen LogP contribution in [-0.4, -0.2) is 55.2 Å². The molecule has 1 aliphatic heterocycles. The van der Waals surface area contributed by atoms with Crippen LogP contribution in [-0.2, 0) is 4.74 Å². The van der Waals surface area contributed by atoms with Gasteiger partial charge in [0.25, 0.3) is 5.91 Å². The molecule has 1 N–H and O–H groups in total. The smallest absolute Gasteiger partial charge is 0.263 e. The summed E-state index contributed by atoms with van der Waals surface area (Å²) in [6.45, 7) is 6.79. The number of amides is 1. The predicted molar refractivity (Wildman–Crippen MR) is 133 cm³/mol. The first-order chi connectivity index (χ1) is 15.7. The minimum Gasteiger partial charge on any atom is -0.379 e. The van der Waals surface area contributed by atoms with Crippen LogP contribution in [0.5, 0.6) is 0 Å². The third kappa shape index (κ3) is 4.61. The van der Waals surface area contributed by atoms with E-state index in [0.717, 1.165) is 48.4 Å². The van der Waals surface area contributed by atoms with Gasteiger partial charge in [-0.3, -0.25) is 9.69 Å². The van der Waals surface area contributed by atoms with Crippen molar-refractivity contribution in [3.8, 4) is 20.3 Å². The summed E-state index contributed by atoms with van der Waals surface area (Å²) in [4.78, 5) is 22.7. The first-order valence-corrected chi connectivity index (χ1v) is 12.5. The van der Waals surface area contributed by atoms with Gasteiger partial charge in [0.1, 0.15) is 9.88 Å². The Bertz CT molecular complexity index is 1240. The van der Waals surface area contributed by atoms with Crippen molar-refractivity contribution in [3.05, 3.63) is 65.2 Å². The molecule has 32 heavy (non-hydrogen) atoms. The molecule has 0 aliphatic carbocycles. The van der Waals surface area contributed by atoms with E-state index < -0.39 is 0 Å². The lowest BCUT2D eigenvalue weighted by Crippen LogP contribution is -2.41. The third-order valence-electron chi connectivity index (χ3n) is 5.67. The Morgan fingerprint density at radius 2 is 1.81 bits per heavy atom. The minimum atomic E-state index is -0.0363. The van der Waals surface area contributed by atoms with Gasteiger partial charge < -0.3 is 10.1 Å². The highest BCUT2D eigenvalue weighted by Crippen LogP contribution is 2.38. The van der Waals surface area contributed by atoms with Crippen LogP contribution in [0.3, 0.4) is 0 Å². The number of benzene rings is 2. The number of rotatable bonds is 6. The van der Waals surface area contributed by atoms with Crippen LogP contribution in [0, 0.1) is 6.92 Å². The number of nitrogens with one attached hydrogen (secondary N) is 1. The van der Waals surface area contributed by atoms with Gasteiger partial charge in [0, 0.05) is 31.1 Å². The van der Waals surface area contributed by atoms with Crippen molar-refractivity contribution in [1.29, 1.82) is 0 Å².